The number of nitrogens with zero attached hydrogens (tertiary/aromatic N) is 3. The zero-order chi connectivity index (χ0) is 24.0. The minimum Gasteiger partial charge on any atom is -0.341 e. The SMILES string of the molecule is O=C(/C=C/c1ccc(Cl)c(Cl)c1)N1CCC(=O)N(CCCN2CCC(C(F)(F)F)CC2)CC1. The van der Waals surface area contributed by atoms with Crippen LogP contribution in [0.15, 0.2) is 24.3 Å². The largest absolute Gasteiger partial charge is 0.391 e. The Kier molecular flexibility index (Phi) is 9.07. The molecule has 0 spiro atoms. The molecule has 1 aromatic carbocycles. The topological polar surface area (TPSA) is 43.9 Å². The summed E-state index contributed by atoms with van der Waals surface area (Å²) in [5.74, 6) is -1.38. The van der Waals surface area contributed by atoms with Gasteiger partial charge < -0.3 is 14.7 Å². The van der Waals surface area contributed by atoms with E-state index in [1.807, 2.05) is 4.90 Å². The fourth-order valence-corrected chi connectivity index (χ4v) is 4.49. The van der Waals surface area contributed by atoms with E-state index in [4.69, 9.17) is 23.2 Å². The molecule has 1 aromatic rings. The van der Waals surface area contributed by atoms with Gasteiger partial charge in [0.05, 0.1) is 16.0 Å². The van der Waals surface area contributed by atoms with Crippen LogP contribution in [0, 0.1) is 5.92 Å². The normalized spacial score (nSPS) is 19.4. The van der Waals surface area contributed by atoms with Crippen molar-refractivity contribution in [3.63, 3.8) is 0 Å². The van der Waals surface area contributed by atoms with Gasteiger partial charge in [0.25, 0.3) is 0 Å². The summed E-state index contributed by atoms with van der Waals surface area (Å²) in [6.45, 7) is 3.32. The smallest absolute Gasteiger partial charge is 0.341 e. The quantitative estimate of drug-likeness (QED) is 0.524. The number of piperidine rings is 1. The lowest BCUT2D eigenvalue weighted by atomic mass is 9.96. The van der Waals surface area contributed by atoms with Crippen molar-refractivity contribution >= 4 is 41.1 Å². The molecular formula is C23H28Cl2F3N3O2. The van der Waals surface area contributed by atoms with Gasteiger partial charge >= 0.3 is 6.18 Å². The summed E-state index contributed by atoms with van der Waals surface area (Å²) >= 11 is 11.9. The van der Waals surface area contributed by atoms with Crippen molar-refractivity contribution in [1.29, 1.82) is 0 Å². The Balaban J connectivity index is 1.42. The molecule has 33 heavy (non-hydrogen) atoms. The van der Waals surface area contributed by atoms with Gasteiger partial charge in [-0.25, -0.2) is 0 Å². The number of halogens is 5. The van der Waals surface area contributed by atoms with Crippen molar-refractivity contribution in [2.24, 2.45) is 5.92 Å². The molecule has 0 radical (unpaired) electrons. The number of rotatable bonds is 6. The van der Waals surface area contributed by atoms with Crippen molar-refractivity contribution in [2.75, 3.05) is 45.8 Å². The van der Waals surface area contributed by atoms with Crippen molar-refractivity contribution in [3.8, 4) is 0 Å². The number of benzene rings is 1. The molecule has 2 heterocycles. The van der Waals surface area contributed by atoms with Gasteiger partial charge in [0, 0.05) is 38.7 Å². The molecule has 0 aliphatic carbocycles. The van der Waals surface area contributed by atoms with Crippen molar-refractivity contribution < 1.29 is 22.8 Å². The van der Waals surface area contributed by atoms with E-state index in [1.165, 1.54) is 6.08 Å². The standard InChI is InChI=1S/C23H28Cl2F3N3O2/c24-19-4-2-17(16-20(19)25)3-5-21(32)31-13-8-22(33)30(14-15-31)10-1-9-29-11-6-18(7-12-29)23(26,27)28/h2-5,16,18H,1,6-15H2/b5-3+. The van der Waals surface area contributed by atoms with Gasteiger partial charge in [0.15, 0.2) is 0 Å². The minimum atomic E-state index is -4.11. The van der Waals surface area contributed by atoms with Crippen molar-refractivity contribution in [2.45, 2.75) is 31.9 Å². The van der Waals surface area contributed by atoms with Crippen LogP contribution in [0.4, 0.5) is 13.2 Å². The van der Waals surface area contributed by atoms with E-state index in [2.05, 4.69) is 0 Å². The summed E-state index contributed by atoms with van der Waals surface area (Å²) in [5.41, 5.74) is 0.754. The molecule has 10 heteroatoms. The molecule has 2 amide bonds. The zero-order valence-electron chi connectivity index (χ0n) is 18.3. The molecule has 2 aliphatic heterocycles. The first-order chi connectivity index (χ1) is 15.6. The average molecular weight is 506 g/mol. The molecule has 2 saturated heterocycles. The van der Waals surface area contributed by atoms with Crippen LogP contribution in [0.5, 0.6) is 0 Å². The molecule has 0 atom stereocenters. The maximum atomic E-state index is 12.8. The van der Waals surface area contributed by atoms with Crippen LogP contribution in [0.1, 0.15) is 31.2 Å². The molecule has 0 saturated carbocycles. The van der Waals surface area contributed by atoms with Crippen LogP contribution in [-0.2, 0) is 9.59 Å². The highest BCUT2D eigenvalue weighted by Gasteiger charge is 2.40. The highest BCUT2D eigenvalue weighted by molar-refractivity contribution is 6.42. The summed E-state index contributed by atoms with van der Waals surface area (Å²) in [6, 6.07) is 5.10. The van der Waals surface area contributed by atoms with Crippen molar-refractivity contribution in [1.82, 2.24) is 14.7 Å². The van der Waals surface area contributed by atoms with Crippen LogP contribution in [0.2, 0.25) is 10.0 Å². The van der Waals surface area contributed by atoms with E-state index in [-0.39, 0.29) is 31.1 Å². The fourth-order valence-electron chi connectivity index (χ4n) is 4.18. The van der Waals surface area contributed by atoms with Gasteiger partial charge in [-0.1, -0.05) is 29.3 Å². The third kappa shape index (κ3) is 7.62. The number of carbonyl (C=O) groups excluding carboxylic acids is 2. The summed E-state index contributed by atoms with van der Waals surface area (Å²) in [6.07, 6.45) is 0.251. The highest BCUT2D eigenvalue weighted by Crippen LogP contribution is 2.34. The predicted octanol–water partition coefficient (Wildman–Crippen LogP) is 4.73. The lowest BCUT2D eigenvalue weighted by Gasteiger charge is -2.33. The Morgan fingerprint density at radius 3 is 2.42 bits per heavy atom. The Bertz CT molecular complexity index is 871. The van der Waals surface area contributed by atoms with E-state index < -0.39 is 12.1 Å². The second-order valence-corrected chi connectivity index (χ2v) is 9.29. The lowest BCUT2D eigenvalue weighted by molar-refractivity contribution is -0.185. The van der Waals surface area contributed by atoms with E-state index in [0.29, 0.717) is 62.3 Å². The van der Waals surface area contributed by atoms with Crippen molar-refractivity contribution in [3.05, 3.63) is 39.9 Å². The molecule has 2 aliphatic rings. The van der Waals surface area contributed by atoms with Crippen LogP contribution in [0.3, 0.4) is 0 Å². The summed E-state index contributed by atoms with van der Waals surface area (Å²) < 4.78 is 38.4. The molecule has 0 unspecified atom stereocenters. The first kappa shape index (κ1) is 25.8. The second kappa shape index (κ2) is 11.6. The molecule has 3 rings (SSSR count). The van der Waals surface area contributed by atoms with E-state index in [9.17, 15) is 22.8 Å². The van der Waals surface area contributed by atoms with E-state index in [0.717, 1.165) is 5.56 Å². The third-order valence-electron chi connectivity index (χ3n) is 6.21. The Morgan fingerprint density at radius 1 is 1.03 bits per heavy atom. The molecule has 0 bridgehead atoms. The number of hydrogen-bond acceptors (Lipinski definition) is 3. The van der Waals surface area contributed by atoms with Crippen LogP contribution in [0.25, 0.3) is 6.08 Å². The van der Waals surface area contributed by atoms with E-state index in [1.54, 1.807) is 34.1 Å². The summed E-state index contributed by atoms with van der Waals surface area (Å²) in [7, 11) is 0. The zero-order valence-corrected chi connectivity index (χ0v) is 19.8. The number of alkyl halides is 3. The molecule has 182 valence electrons. The maximum absolute atomic E-state index is 12.8. The monoisotopic (exact) mass is 505 g/mol. The minimum absolute atomic E-state index is 0.00505. The molecule has 5 nitrogen and oxygen atoms in total. The van der Waals surface area contributed by atoms with Gasteiger partial charge in [0.2, 0.25) is 11.8 Å². The Hall–Kier alpha value is -1.77. The number of carbonyl (C=O) groups is 2. The summed E-state index contributed by atoms with van der Waals surface area (Å²) in [4.78, 5) is 30.5. The van der Waals surface area contributed by atoms with Crippen LogP contribution >= 0.6 is 23.2 Å². The number of hydrogen-bond donors (Lipinski definition) is 0. The highest BCUT2D eigenvalue weighted by atomic mass is 35.5. The van der Waals surface area contributed by atoms with Gasteiger partial charge in [-0.15, -0.1) is 0 Å². The molecule has 2 fully saturated rings. The van der Waals surface area contributed by atoms with Crippen LogP contribution < -0.4 is 0 Å². The van der Waals surface area contributed by atoms with Gasteiger partial charge in [-0.05, 0) is 62.7 Å². The maximum Gasteiger partial charge on any atom is 0.391 e. The second-order valence-electron chi connectivity index (χ2n) is 8.47. The third-order valence-corrected chi connectivity index (χ3v) is 6.95. The van der Waals surface area contributed by atoms with Crippen LogP contribution in [-0.4, -0.2) is 78.5 Å². The lowest BCUT2D eigenvalue weighted by Crippen LogP contribution is -2.41. The Labute approximate surface area is 202 Å². The predicted molar refractivity (Wildman–Crippen MR) is 123 cm³/mol. The number of amides is 2. The molecule has 0 N–H and O–H groups in total. The Morgan fingerprint density at radius 2 is 1.76 bits per heavy atom. The van der Waals surface area contributed by atoms with E-state index >= 15 is 0 Å². The number of likely N-dealkylation sites (tertiary alicyclic amines) is 1. The first-order valence-corrected chi connectivity index (χ1v) is 11.9. The average Bonchev–Trinajstić information content (AvgIpc) is 2.96. The fraction of sp³-hybridized carbons (Fsp3) is 0.565. The first-order valence-electron chi connectivity index (χ1n) is 11.1. The summed E-state index contributed by atoms with van der Waals surface area (Å²) in [5, 5.41) is 0.851. The molecular weight excluding hydrogens is 478 g/mol. The molecule has 0 aromatic heterocycles. The van der Waals surface area contributed by atoms with Gasteiger partial charge in [-0.2, -0.15) is 13.2 Å². The van der Waals surface area contributed by atoms with Gasteiger partial charge in [-0.3, -0.25) is 9.59 Å². The van der Waals surface area contributed by atoms with Gasteiger partial charge in [0.1, 0.15) is 0 Å².